The van der Waals surface area contributed by atoms with Crippen molar-refractivity contribution in [3.63, 3.8) is 0 Å². The first-order chi connectivity index (χ1) is 8.34. The zero-order valence-electron chi connectivity index (χ0n) is 10.2. The lowest BCUT2D eigenvalue weighted by Crippen LogP contribution is -2.45. The van der Waals surface area contributed by atoms with Crippen LogP contribution in [-0.2, 0) is 0 Å². The molecule has 0 bridgehead atoms. The molecule has 2 fully saturated rings. The standard InChI is InChI=1S/C12H22N2S3/c15-12(14-10-4-2-1-3-5-10)13-8-11-9-16-6-7-17-11/h10-11H,1-9H2,(H2,13,14,15). The van der Waals surface area contributed by atoms with Crippen LogP contribution in [0.4, 0.5) is 0 Å². The number of nitrogens with one attached hydrogen (secondary N) is 2. The number of hydrogen-bond acceptors (Lipinski definition) is 3. The van der Waals surface area contributed by atoms with E-state index in [0.717, 1.165) is 16.9 Å². The smallest absolute Gasteiger partial charge is 0.166 e. The van der Waals surface area contributed by atoms with E-state index in [1.54, 1.807) is 0 Å². The first kappa shape index (κ1) is 13.8. The quantitative estimate of drug-likeness (QED) is 0.778. The highest BCUT2D eigenvalue weighted by Gasteiger charge is 2.16. The maximum Gasteiger partial charge on any atom is 0.166 e. The fraction of sp³-hybridized carbons (Fsp3) is 0.917. The lowest BCUT2D eigenvalue weighted by Gasteiger charge is -2.26. The Morgan fingerprint density at radius 2 is 2.00 bits per heavy atom. The number of thioether (sulfide) groups is 2. The number of thiocarbonyl (C=S) groups is 1. The van der Waals surface area contributed by atoms with Gasteiger partial charge in [0.05, 0.1) is 0 Å². The van der Waals surface area contributed by atoms with E-state index in [1.165, 1.54) is 49.4 Å². The van der Waals surface area contributed by atoms with Crippen LogP contribution in [0.1, 0.15) is 32.1 Å². The lowest BCUT2D eigenvalue weighted by atomic mass is 9.96. The highest BCUT2D eigenvalue weighted by molar-refractivity contribution is 8.06. The van der Waals surface area contributed by atoms with Crippen LogP contribution >= 0.6 is 35.7 Å². The number of hydrogen-bond donors (Lipinski definition) is 2. The molecule has 1 unspecified atom stereocenters. The molecule has 0 radical (unpaired) electrons. The fourth-order valence-corrected chi connectivity index (χ4v) is 5.21. The van der Waals surface area contributed by atoms with Crippen LogP contribution in [0.3, 0.4) is 0 Å². The zero-order chi connectivity index (χ0) is 11.9. The van der Waals surface area contributed by atoms with E-state index >= 15 is 0 Å². The Bertz CT molecular complexity index is 236. The second kappa shape index (κ2) is 7.74. The van der Waals surface area contributed by atoms with Gasteiger partial charge in [0.15, 0.2) is 5.11 Å². The molecule has 2 N–H and O–H groups in total. The van der Waals surface area contributed by atoms with Crippen molar-refractivity contribution >= 4 is 40.9 Å². The molecule has 1 aliphatic heterocycles. The predicted octanol–water partition coefficient (Wildman–Crippen LogP) is 2.63. The third-order valence-corrected chi connectivity index (χ3v) is 6.42. The molecule has 0 aromatic rings. The summed E-state index contributed by atoms with van der Waals surface area (Å²) in [6.45, 7) is 1.02. The van der Waals surface area contributed by atoms with Gasteiger partial charge in [0.25, 0.3) is 0 Å². The van der Waals surface area contributed by atoms with Gasteiger partial charge in [-0.1, -0.05) is 19.3 Å². The molecule has 1 saturated carbocycles. The van der Waals surface area contributed by atoms with Gasteiger partial charge in [0.1, 0.15) is 0 Å². The van der Waals surface area contributed by atoms with Crippen LogP contribution in [0.5, 0.6) is 0 Å². The molecule has 98 valence electrons. The molecular weight excluding hydrogens is 268 g/mol. The summed E-state index contributed by atoms with van der Waals surface area (Å²) in [7, 11) is 0. The van der Waals surface area contributed by atoms with Gasteiger partial charge in [0, 0.05) is 35.1 Å². The molecule has 2 aliphatic rings. The first-order valence-electron chi connectivity index (χ1n) is 6.58. The summed E-state index contributed by atoms with van der Waals surface area (Å²) in [6, 6.07) is 0.622. The summed E-state index contributed by atoms with van der Waals surface area (Å²) in [5.41, 5.74) is 0. The molecule has 0 aromatic heterocycles. The second-order valence-corrected chi connectivity index (χ2v) is 7.72. The molecule has 1 saturated heterocycles. The molecule has 17 heavy (non-hydrogen) atoms. The van der Waals surface area contributed by atoms with Crippen LogP contribution in [0.25, 0.3) is 0 Å². The predicted molar refractivity (Wildman–Crippen MR) is 84.2 cm³/mol. The summed E-state index contributed by atoms with van der Waals surface area (Å²) >= 11 is 9.51. The van der Waals surface area contributed by atoms with Crippen LogP contribution in [0.2, 0.25) is 0 Å². The van der Waals surface area contributed by atoms with Crippen LogP contribution < -0.4 is 10.6 Å². The molecule has 1 atom stereocenters. The maximum absolute atomic E-state index is 5.37. The van der Waals surface area contributed by atoms with Crippen molar-refractivity contribution in [1.29, 1.82) is 0 Å². The van der Waals surface area contributed by atoms with E-state index in [2.05, 4.69) is 34.2 Å². The van der Waals surface area contributed by atoms with E-state index in [4.69, 9.17) is 12.2 Å². The van der Waals surface area contributed by atoms with Gasteiger partial charge < -0.3 is 10.6 Å². The van der Waals surface area contributed by atoms with Gasteiger partial charge >= 0.3 is 0 Å². The second-order valence-electron chi connectivity index (χ2n) is 4.76. The first-order valence-corrected chi connectivity index (χ1v) is 9.19. The summed E-state index contributed by atoms with van der Waals surface area (Å²) < 4.78 is 0. The van der Waals surface area contributed by atoms with E-state index in [1.807, 2.05) is 0 Å². The molecule has 0 aromatic carbocycles. The summed E-state index contributed by atoms with van der Waals surface area (Å²) in [5.74, 6) is 3.87. The summed E-state index contributed by atoms with van der Waals surface area (Å²) in [5, 5.41) is 8.45. The van der Waals surface area contributed by atoms with Gasteiger partial charge in [-0.2, -0.15) is 23.5 Å². The van der Waals surface area contributed by atoms with Gasteiger partial charge in [0.2, 0.25) is 0 Å². The zero-order valence-corrected chi connectivity index (χ0v) is 12.7. The topological polar surface area (TPSA) is 24.1 Å². The van der Waals surface area contributed by atoms with Gasteiger partial charge in [-0.3, -0.25) is 0 Å². The summed E-state index contributed by atoms with van der Waals surface area (Å²) in [6.07, 6.45) is 6.69. The Hall–Kier alpha value is 0.390. The van der Waals surface area contributed by atoms with Crippen LogP contribution in [0, 0.1) is 0 Å². The average molecular weight is 291 g/mol. The van der Waals surface area contributed by atoms with Crippen LogP contribution in [-0.4, -0.2) is 40.2 Å². The van der Waals surface area contributed by atoms with E-state index in [9.17, 15) is 0 Å². The Kier molecular flexibility index (Phi) is 6.29. The SMILES string of the molecule is S=C(NCC1CSCCS1)NC1CCCCC1. The van der Waals surface area contributed by atoms with Crippen molar-refractivity contribution in [3.8, 4) is 0 Å². The lowest BCUT2D eigenvalue weighted by molar-refractivity contribution is 0.412. The fourth-order valence-electron chi connectivity index (χ4n) is 2.34. The molecule has 5 heteroatoms. The molecule has 2 nitrogen and oxygen atoms in total. The van der Waals surface area contributed by atoms with Crippen molar-refractivity contribution in [2.24, 2.45) is 0 Å². The molecule has 0 spiro atoms. The molecule has 1 heterocycles. The summed E-state index contributed by atoms with van der Waals surface area (Å²) in [4.78, 5) is 0. The highest BCUT2D eigenvalue weighted by Crippen LogP contribution is 2.23. The molecule has 1 aliphatic carbocycles. The van der Waals surface area contributed by atoms with Crippen LogP contribution in [0.15, 0.2) is 0 Å². The average Bonchev–Trinajstić information content (AvgIpc) is 2.39. The van der Waals surface area contributed by atoms with Crippen molar-refractivity contribution in [3.05, 3.63) is 0 Å². The largest absolute Gasteiger partial charge is 0.362 e. The minimum absolute atomic E-state index is 0.622. The van der Waals surface area contributed by atoms with E-state index in [-0.39, 0.29) is 0 Å². The van der Waals surface area contributed by atoms with E-state index in [0.29, 0.717) is 6.04 Å². The Morgan fingerprint density at radius 3 is 2.71 bits per heavy atom. The van der Waals surface area contributed by atoms with Crippen molar-refractivity contribution in [1.82, 2.24) is 10.6 Å². The van der Waals surface area contributed by atoms with Gasteiger partial charge in [-0.05, 0) is 25.1 Å². The van der Waals surface area contributed by atoms with Crippen molar-refractivity contribution in [2.45, 2.75) is 43.4 Å². The Labute approximate surface area is 118 Å². The van der Waals surface area contributed by atoms with E-state index < -0.39 is 0 Å². The Morgan fingerprint density at radius 1 is 1.18 bits per heavy atom. The van der Waals surface area contributed by atoms with Gasteiger partial charge in [-0.25, -0.2) is 0 Å². The minimum atomic E-state index is 0.622. The highest BCUT2D eigenvalue weighted by atomic mass is 32.2. The monoisotopic (exact) mass is 290 g/mol. The van der Waals surface area contributed by atoms with Crippen molar-refractivity contribution in [2.75, 3.05) is 23.8 Å². The van der Waals surface area contributed by atoms with Crippen molar-refractivity contribution < 1.29 is 0 Å². The number of rotatable bonds is 3. The third kappa shape index (κ3) is 5.26. The normalized spacial score (nSPS) is 26.5. The minimum Gasteiger partial charge on any atom is -0.362 e. The third-order valence-electron chi connectivity index (χ3n) is 3.32. The molecule has 0 amide bonds. The van der Waals surface area contributed by atoms with Gasteiger partial charge in [-0.15, -0.1) is 0 Å². The Balaban J connectivity index is 1.59. The molecule has 2 rings (SSSR count). The maximum atomic E-state index is 5.37. The molecular formula is C12H22N2S3.